The molecule has 0 radical (unpaired) electrons. The fourth-order valence-corrected chi connectivity index (χ4v) is 2.37. The monoisotopic (exact) mass is 331 g/mol. The van der Waals surface area contributed by atoms with Crippen molar-refractivity contribution in [2.75, 3.05) is 13.2 Å². The number of alkyl carbamates (subject to hydrolysis) is 1. The highest BCUT2D eigenvalue weighted by atomic mass is 28.4. The van der Waals surface area contributed by atoms with Gasteiger partial charge in [0.05, 0.1) is 19.3 Å². The van der Waals surface area contributed by atoms with E-state index in [1.807, 2.05) is 20.8 Å². The van der Waals surface area contributed by atoms with Gasteiger partial charge in [0.2, 0.25) is 0 Å². The van der Waals surface area contributed by atoms with Crippen molar-refractivity contribution in [1.29, 1.82) is 0 Å². The van der Waals surface area contributed by atoms with Crippen molar-refractivity contribution in [1.82, 2.24) is 5.32 Å². The van der Waals surface area contributed by atoms with Gasteiger partial charge in [-0.2, -0.15) is 0 Å². The van der Waals surface area contributed by atoms with Crippen LogP contribution < -0.4 is 5.32 Å². The Kier molecular flexibility index (Phi) is 7.81. The maximum absolute atomic E-state index is 11.9. The summed E-state index contributed by atoms with van der Waals surface area (Å²) in [6.07, 6.45) is 2.84. The van der Waals surface area contributed by atoms with Gasteiger partial charge in [-0.3, -0.25) is 0 Å². The van der Waals surface area contributed by atoms with E-state index in [0.29, 0.717) is 6.61 Å². The van der Waals surface area contributed by atoms with E-state index in [4.69, 9.17) is 14.3 Å². The molecule has 0 aliphatic heterocycles. The second kappa shape index (κ2) is 8.13. The Labute approximate surface area is 136 Å². The number of nitrogens with one attached hydrogen (secondary N) is 1. The van der Waals surface area contributed by atoms with Crippen LogP contribution in [0, 0.1) is 0 Å². The van der Waals surface area contributed by atoms with Gasteiger partial charge in [0.25, 0.3) is 0 Å². The Morgan fingerprint density at radius 1 is 1.23 bits per heavy atom. The summed E-state index contributed by atoms with van der Waals surface area (Å²) in [7, 11) is -1.89. The predicted octanol–water partition coefficient (Wildman–Crippen LogP) is 3.45. The lowest BCUT2D eigenvalue weighted by molar-refractivity contribution is 0.0499. The van der Waals surface area contributed by atoms with E-state index in [0.717, 1.165) is 0 Å². The molecule has 0 aromatic carbocycles. The van der Waals surface area contributed by atoms with Crippen LogP contribution in [-0.4, -0.2) is 44.4 Å². The summed E-state index contributed by atoms with van der Waals surface area (Å²) in [5, 5.41) is 11.8. The number of hydrogen-bond donors (Lipinski definition) is 2. The fraction of sp³-hybridized carbons (Fsp3) is 0.812. The third-order valence-electron chi connectivity index (χ3n) is 3.61. The van der Waals surface area contributed by atoms with Crippen LogP contribution in [-0.2, 0) is 9.16 Å². The first-order chi connectivity index (χ1) is 9.78. The lowest BCUT2D eigenvalue weighted by Crippen LogP contribution is -2.46. The maximum Gasteiger partial charge on any atom is 0.408 e. The number of hydrogen-bond acceptors (Lipinski definition) is 4. The molecule has 6 heteroatoms. The zero-order chi connectivity index (χ0) is 17.6. The van der Waals surface area contributed by atoms with Crippen LogP contribution in [0.3, 0.4) is 0 Å². The van der Waals surface area contributed by atoms with Crippen molar-refractivity contribution in [2.45, 2.75) is 71.3 Å². The highest BCUT2D eigenvalue weighted by Crippen LogP contribution is 2.36. The summed E-state index contributed by atoms with van der Waals surface area (Å²) < 4.78 is 11.4. The molecule has 0 saturated carbocycles. The fourth-order valence-electron chi connectivity index (χ4n) is 1.34. The Hall–Kier alpha value is -0.853. The molecule has 0 fully saturated rings. The van der Waals surface area contributed by atoms with E-state index in [-0.39, 0.29) is 17.7 Å². The number of aliphatic hydroxyl groups is 1. The minimum atomic E-state index is -1.89. The highest BCUT2D eigenvalue weighted by molar-refractivity contribution is 6.74. The Morgan fingerprint density at radius 3 is 2.18 bits per heavy atom. The standard InChI is InChI=1S/C16H33NO4Si/c1-15(2,3)21-14(19)17-13(10-9-11-18)12-20-22(7,8)16(4,5)6/h9-10,13,18H,11-12H2,1-8H3,(H,17,19)/b10-9-/t13-/m0/s1. The summed E-state index contributed by atoms with van der Waals surface area (Å²) in [6, 6.07) is -0.323. The normalized spacial score (nSPS) is 15.0. The van der Waals surface area contributed by atoms with Gasteiger partial charge in [0.1, 0.15) is 5.60 Å². The number of carbonyl (C=O) groups excluding carboxylic acids is 1. The Bertz CT molecular complexity index is 381. The molecule has 0 heterocycles. The van der Waals surface area contributed by atoms with Crippen molar-refractivity contribution in [3.8, 4) is 0 Å². The summed E-state index contributed by atoms with van der Waals surface area (Å²) >= 11 is 0. The van der Waals surface area contributed by atoms with Gasteiger partial charge in [0, 0.05) is 0 Å². The maximum atomic E-state index is 11.9. The Morgan fingerprint density at radius 2 is 1.77 bits per heavy atom. The quantitative estimate of drug-likeness (QED) is 0.578. The lowest BCUT2D eigenvalue weighted by Gasteiger charge is -2.37. The van der Waals surface area contributed by atoms with E-state index in [1.54, 1.807) is 12.2 Å². The summed E-state index contributed by atoms with van der Waals surface area (Å²) in [5.74, 6) is 0. The van der Waals surface area contributed by atoms with Gasteiger partial charge in [-0.1, -0.05) is 32.9 Å². The molecule has 0 aliphatic carbocycles. The van der Waals surface area contributed by atoms with Gasteiger partial charge in [-0.25, -0.2) is 4.79 Å². The molecular formula is C16H33NO4Si. The molecule has 2 N–H and O–H groups in total. The largest absolute Gasteiger partial charge is 0.444 e. The topological polar surface area (TPSA) is 67.8 Å². The molecule has 0 unspecified atom stereocenters. The third-order valence-corrected chi connectivity index (χ3v) is 8.11. The smallest absolute Gasteiger partial charge is 0.408 e. The van der Waals surface area contributed by atoms with Crippen LogP contribution in [0.5, 0.6) is 0 Å². The molecule has 0 bridgehead atoms. The first-order valence-electron chi connectivity index (χ1n) is 7.69. The average molecular weight is 332 g/mol. The van der Waals surface area contributed by atoms with Gasteiger partial charge < -0.3 is 19.6 Å². The van der Waals surface area contributed by atoms with Crippen molar-refractivity contribution in [3.05, 3.63) is 12.2 Å². The molecule has 22 heavy (non-hydrogen) atoms. The van der Waals surface area contributed by atoms with Crippen molar-refractivity contribution in [3.63, 3.8) is 0 Å². The SMILES string of the molecule is CC(C)(C)OC(=O)N[C@@H](/C=C\CO)CO[Si](C)(C)C(C)(C)C. The van der Waals surface area contributed by atoms with Gasteiger partial charge in [-0.05, 0) is 38.9 Å². The van der Waals surface area contributed by atoms with Crippen LogP contribution >= 0.6 is 0 Å². The highest BCUT2D eigenvalue weighted by Gasteiger charge is 2.37. The lowest BCUT2D eigenvalue weighted by atomic mass is 10.2. The van der Waals surface area contributed by atoms with Crippen LogP contribution in [0.2, 0.25) is 18.1 Å². The summed E-state index contributed by atoms with van der Waals surface area (Å²) in [6.45, 7) is 16.6. The second-order valence-corrected chi connectivity index (χ2v) is 12.7. The summed E-state index contributed by atoms with van der Waals surface area (Å²) in [4.78, 5) is 11.9. The van der Waals surface area contributed by atoms with Crippen LogP contribution in [0.4, 0.5) is 4.79 Å². The minimum absolute atomic E-state index is 0.0768. The zero-order valence-electron chi connectivity index (χ0n) is 15.3. The van der Waals surface area contributed by atoms with Crippen LogP contribution in [0.25, 0.3) is 0 Å². The van der Waals surface area contributed by atoms with E-state index >= 15 is 0 Å². The second-order valence-electron chi connectivity index (χ2n) is 7.93. The number of ether oxygens (including phenoxy) is 1. The van der Waals surface area contributed by atoms with E-state index in [1.165, 1.54) is 0 Å². The third kappa shape index (κ3) is 8.56. The van der Waals surface area contributed by atoms with Crippen molar-refractivity contribution < 1.29 is 19.1 Å². The molecule has 0 aromatic heterocycles. The van der Waals surface area contributed by atoms with E-state index in [9.17, 15) is 4.79 Å². The molecule has 5 nitrogen and oxygen atoms in total. The molecule has 0 aliphatic rings. The van der Waals surface area contributed by atoms with Gasteiger partial charge in [-0.15, -0.1) is 0 Å². The van der Waals surface area contributed by atoms with Crippen molar-refractivity contribution >= 4 is 14.4 Å². The Balaban J connectivity index is 4.73. The first kappa shape index (κ1) is 21.1. The van der Waals surface area contributed by atoms with Crippen LogP contribution in [0.15, 0.2) is 12.2 Å². The van der Waals surface area contributed by atoms with Gasteiger partial charge >= 0.3 is 6.09 Å². The molecular weight excluding hydrogens is 298 g/mol. The average Bonchev–Trinajstić information content (AvgIpc) is 2.28. The first-order valence-corrected chi connectivity index (χ1v) is 10.6. The number of rotatable bonds is 6. The predicted molar refractivity (Wildman–Crippen MR) is 92.5 cm³/mol. The molecule has 0 rings (SSSR count). The molecule has 0 aromatic rings. The number of aliphatic hydroxyl groups excluding tert-OH is 1. The molecule has 1 atom stereocenters. The van der Waals surface area contributed by atoms with Crippen molar-refractivity contribution in [2.24, 2.45) is 0 Å². The number of carbonyl (C=O) groups is 1. The van der Waals surface area contributed by atoms with E-state index in [2.05, 4.69) is 39.2 Å². The van der Waals surface area contributed by atoms with E-state index < -0.39 is 20.0 Å². The molecule has 0 saturated heterocycles. The molecule has 1 amide bonds. The van der Waals surface area contributed by atoms with Gasteiger partial charge in [0.15, 0.2) is 8.32 Å². The molecule has 0 spiro atoms. The minimum Gasteiger partial charge on any atom is -0.444 e. The summed E-state index contributed by atoms with van der Waals surface area (Å²) in [5.41, 5.74) is -0.546. The zero-order valence-corrected chi connectivity index (χ0v) is 16.3. The number of amides is 1. The van der Waals surface area contributed by atoms with Crippen LogP contribution in [0.1, 0.15) is 41.5 Å². The molecule has 130 valence electrons.